The largest absolute Gasteiger partial charge is 0.622 e. The molecule has 102 valence electrons. The van der Waals surface area contributed by atoms with E-state index in [9.17, 15) is 5.21 Å². The SMILES string of the molecule is CN1C(=S)SC(C)(C)C1/[N+]([O-])=C/c1ccc(Cl)cc1. The molecule has 1 aliphatic heterocycles. The lowest BCUT2D eigenvalue weighted by molar-refractivity contribution is -0.522. The van der Waals surface area contributed by atoms with Crippen LogP contribution in [0.2, 0.25) is 5.02 Å². The summed E-state index contributed by atoms with van der Waals surface area (Å²) in [4.78, 5) is 1.85. The number of nitrogens with zero attached hydrogens (tertiary/aromatic N) is 2. The molecule has 6 heteroatoms. The molecule has 0 aromatic heterocycles. The number of benzene rings is 1. The van der Waals surface area contributed by atoms with E-state index in [0.29, 0.717) is 5.02 Å². The monoisotopic (exact) mass is 314 g/mol. The molecule has 0 bridgehead atoms. The zero-order valence-corrected chi connectivity index (χ0v) is 13.4. The molecule has 1 heterocycles. The van der Waals surface area contributed by atoms with Gasteiger partial charge in [-0.1, -0.05) is 35.6 Å². The third kappa shape index (κ3) is 3.04. The summed E-state index contributed by atoms with van der Waals surface area (Å²) in [5.41, 5.74) is 0.825. The summed E-state index contributed by atoms with van der Waals surface area (Å²) in [7, 11) is 1.86. The Morgan fingerprint density at radius 2 is 2.00 bits per heavy atom. The standard InChI is InChI=1S/C13H15ClN2OS2/c1-13(2)11(15(3)12(18)19-13)16(17)8-9-4-6-10(14)7-5-9/h4-8,11H,1-3H3/b16-8-. The summed E-state index contributed by atoms with van der Waals surface area (Å²) in [5.74, 6) is 0. The quantitative estimate of drug-likeness (QED) is 0.275. The van der Waals surface area contributed by atoms with E-state index < -0.39 is 0 Å². The number of hydroxylamine groups is 1. The summed E-state index contributed by atoms with van der Waals surface area (Å²) in [6, 6.07) is 7.18. The van der Waals surface area contributed by atoms with Crippen LogP contribution in [0.15, 0.2) is 24.3 Å². The highest BCUT2D eigenvalue weighted by molar-refractivity contribution is 8.24. The molecule has 0 aliphatic carbocycles. The van der Waals surface area contributed by atoms with E-state index in [4.69, 9.17) is 23.8 Å². The van der Waals surface area contributed by atoms with Crippen LogP contribution in [0.4, 0.5) is 0 Å². The van der Waals surface area contributed by atoms with Gasteiger partial charge in [0.05, 0.1) is 0 Å². The van der Waals surface area contributed by atoms with Crippen LogP contribution >= 0.6 is 35.6 Å². The Hall–Kier alpha value is -0.780. The first kappa shape index (κ1) is 14.6. The van der Waals surface area contributed by atoms with Crippen molar-refractivity contribution in [3.63, 3.8) is 0 Å². The molecular formula is C13H15ClN2OS2. The second kappa shape index (κ2) is 5.31. The van der Waals surface area contributed by atoms with Gasteiger partial charge in [0, 0.05) is 17.6 Å². The lowest BCUT2D eigenvalue weighted by Gasteiger charge is -2.27. The molecular weight excluding hydrogens is 300 g/mol. The Kier molecular flexibility index (Phi) is 4.08. The molecule has 1 atom stereocenters. The van der Waals surface area contributed by atoms with Crippen LogP contribution < -0.4 is 0 Å². The van der Waals surface area contributed by atoms with E-state index in [1.807, 2.05) is 37.9 Å². The number of hydrogen-bond donors (Lipinski definition) is 0. The Bertz CT molecular complexity index is 528. The van der Waals surface area contributed by atoms with Gasteiger partial charge in [0.15, 0.2) is 6.21 Å². The molecule has 0 amide bonds. The summed E-state index contributed by atoms with van der Waals surface area (Å²) >= 11 is 12.6. The van der Waals surface area contributed by atoms with Crippen molar-refractivity contribution < 1.29 is 4.74 Å². The Balaban J connectivity index is 2.30. The summed E-state index contributed by atoms with van der Waals surface area (Å²) in [6.07, 6.45) is 1.27. The minimum Gasteiger partial charge on any atom is -0.622 e. The Morgan fingerprint density at radius 1 is 1.42 bits per heavy atom. The number of halogens is 1. The highest BCUT2D eigenvalue weighted by Crippen LogP contribution is 2.40. The molecule has 1 aromatic carbocycles. The minimum atomic E-state index is -0.305. The molecule has 1 saturated heterocycles. The van der Waals surface area contributed by atoms with Crippen molar-refractivity contribution in [1.29, 1.82) is 0 Å². The van der Waals surface area contributed by atoms with Crippen LogP contribution in [-0.4, -0.2) is 38.1 Å². The lowest BCUT2D eigenvalue weighted by Crippen LogP contribution is -2.46. The zero-order valence-electron chi connectivity index (χ0n) is 11.0. The fourth-order valence-electron chi connectivity index (χ4n) is 2.16. The van der Waals surface area contributed by atoms with Gasteiger partial charge in [0.1, 0.15) is 9.07 Å². The molecule has 19 heavy (non-hydrogen) atoms. The summed E-state index contributed by atoms with van der Waals surface area (Å²) in [5, 5.41) is 13.0. The average Bonchev–Trinajstić information content (AvgIpc) is 2.51. The molecule has 0 N–H and O–H groups in total. The van der Waals surface area contributed by atoms with Gasteiger partial charge < -0.3 is 10.1 Å². The second-order valence-electron chi connectivity index (χ2n) is 5.00. The van der Waals surface area contributed by atoms with E-state index in [1.54, 1.807) is 30.1 Å². The molecule has 1 aliphatic rings. The smallest absolute Gasteiger partial charge is 0.254 e. The number of rotatable bonds is 2. The highest BCUT2D eigenvalue weighted by Gasteiger charge is 2.48. The van der Waals surface area contributed by atoms with Crippen molar-refractivity contribution in [2.45, 2.75) is 24.8 Å². The van der Waals surface area contributed by atoms with E-state index in [1.165, 1.54) is 0 Å². The molecule has 0 saturated carbocycles. The van der Waals surface area contributed by atoms with E-state index >= 15 is 0 Å². The minimum absolute atomic E-state index is 0.240. The highest BCUT2D eigenvalue weighted by atomic mass is 35.5. The third-order valence-electron chi connectivity index (χ3n) is 3.01. The molecule has 1 unspecified atom stereocenters. The van der Waals surface area contributed by atoms with Gasteiger partial charge in [-0.3, -0.25) is 0 Å². The zero-order chi connectivity index (χ0) is 14.2. The lowest BCUT2D eigenvalue weighted by atomic mass is 10.1. The van der Waals surface area contributed by atoms with Gasteiger partial charge >= 0.3 is 0 Å². The van der Waals surface area contributed by atoms with Crippen LogP contribution in [-0.2, 0) is 0 Å². The van der Waals surface area contributed by atoms with Crippen molar-refractivity contribution in [3.05, 3.63) is 40.1 Å². The van der Waals surface area contributed by atoms with Crippen molar-refractivity contribution in [1.82, 2.24) is 4.90 Å². The predicted octanol–water partition coefficient (Wildman–Crippen LogP) is 3.34. The van der Waals surface area contributed by atoms with Crippen molar-refractivity contribution >= 4 is 46.1 Å². The van der Waals surface area contributed by atoms with E-state index in [0.717, 1.165) is 14.6 Å². The van der Waals surface area contributed by atoms with Crippen LogP contribution in [0.5, 0.6) is 0 Å². The first-order valence-electron chi connectivity index (χ1n) is 5.83. The molecule has 0 radical (unpaired) electrons. The fraction of sp³-hybridized carbons (Fsp3) is 0.385. The number of thioether (sulfide) groups is 1. The number of thiocarbonyl (C=S) groups is 1. The fourth-order valence-corrected chi connectivity index (χ4v) is 4.09. The van der Waals surface area contributed by atoms with Gasteiger partial charge in [-0.25, -0.2) is 0 Å². The topological polar surface area (TPSA) is 29.3 Å². The predicted molar refractivity (Wildman–Crippen MR) is 86.1 cm³/mol. The Labute approximate surface area is 127 Å². The van der Waals surface area contributed by atoms with Crippen LogP contribution in [0.25, 0.3) is 0 Å². The Morgan fingerprint density at radius 3 is 2.47 bits per heavy atom. The van der Waals surface area contributed by atoms with Gasteiger partial charge in [-0.15, -0.1) is 0 Å². The maximum absolute atomic E-state index is 12.4. The summed E-state index contributed by atoms with van der Waals surface area (Å²) < 4.78 is 1.48. The molecule has 1 aromatic rings. The normalized spacial score (nSPS) is 22.9. The first-order valence-corrected chi connectivity index (χ1v) is 7.43. The van der Waals surface area contributed by atoms with E-state index in [2.05, 4.69) is 0 Å². The second-order valence-corrected chi connectivity index (χ2v) is 7.72. The molecule has 0 spiro atoms. The molecule has 1 fully saturated rings. The van der Waals surface area contributed by atoms with Gasteiger partial charge in [0.2, 0.25) is 0 Å². The van der Waals surface area contributed by atoms with Crippen molar-refractivity contribution in [2.24, 2.45) is 0 Å². The molecule has 2 rings (SSSR count). The van der Waals surface area contributed by atoms with Crippen molar-refractivity contribution in [2.75, 3.05) is 7.05 Å². The molecule has 3 nitrogen and oxygen atoms in total. The maximum atomic E-state index is 12.4. The third-order valence-corrected chi connectivity index (χ3v) is 5.00. The van der Waals surface area contributed by atoms with Crippen LogP contribution in [0.1, 0.15) is 19.4 Å². The van der Waals surface area contributed by atoms with Gasteiger partial charge in [-0.05, 0) is 38.1 Å². The number of hydrogen-bond acceptors (Lipinski definition) is 3. The summed E-state index contributed by atoms with van der Waals surface area (Å²) in [6.45, 7) is 4.05. The van der Waals surface area contributed by atoms with Gasteiger partial charge in [0.25, 0.3) is 6.17 Å². The van der Waals surface area contributed by atoms with Crippen LogP contribution in [0.3, 0.4) is 0 Å². The maximum Gasteiger partial charge on any atom is 0.254 e. The average molecular weight is 315 g/mol. The van der Waals surface area contributed by atoms with Crippen LogP contribution in [0, 0.1) is 5.21 Å². The van der Waals surface area contributed by atoms with E-state index in [-0.39, 0.29) is 10.9 Å². The first-order chi connectivity index (χ1) is 8.81. The van der Waals surface area contributed by atoms with Crippen molar-refractivity contribution in [3.8, 4) is 0 Å². The van der Waals surface area contributed by atoms with Gasteiger partial charge in [-0.2, -0.15) is 4.74 Å².